The molecule has 0 aliphatic heterocycles. The number of benzene rings is 3. The topological polar surface area (TPSA) is 17.8 Å². The van der Waals surface area contributed by atoms with Gasteiger partial charge in [0.1, 0.15) is 5.65 Å². The van der Waals surface area contributed by atoms with Crippen molar-refractivity contribution in [3.05, 3.63) is 78.4 Å². The molecule has 0 saturated carbocycles. The minimum Gasteiger partial charge on any atom is -0.328 e. The Morgan fingerprint density at radius 2 is 1.44 bits per heavy atom. The van der Waals surface area contributed by atoms with Crippen LogP contribution in [0.1, 0.15) is 5.56 Å². The highest BCUT2D eigenvalue weighted by Crippen LogP contribution is 2.39. The number of hydrogen-bond acceptors (Lipinski definition) is 1. The Balaban J connectivity index is 2.07. The molecule has 0 N–H and O–H groups in total. The molecule has 0 radical (unpaired) electrons. The van der Waals surface area contributed by atoms with Crippen molar-refractivity contribution in [2.45, 2.75) is 6.92 Å². The second-order valence-corrected chi connectivity index (χ2v) is 6.64. The lowest BCUT2D eigenvalue weighted by Crippen LogP contribution is -1.92. The van der Waals surface area contributed by atoms with E-state index >= 15 is 0 Å². The number of nitrogens with zero attached hydrogens (tertiary/aromatic N) is 2. The highest BCUT2D eigenvalue weighted by atomic mass is 15.0. The maximum atomic E-state index is 4.98. The number of para-hydroxylation sites is 2. The lowest BCUT2D eigenvalue weighted by Gasteiger charge is -2.10. The van der Waals surface area contributed by atoms with Crippen LogP contribution in [0.3, 0.4) is 0 Å². The van der Waals surface area contributed by atoms with Crippen LogP contribution in [0.25, 0.3) is 44.0 Å². The first-order valence-electron chi connectivity index (χ1n) is 8.57. The van der Waals surface area contributed by atoms with E-state index in [1.165, 1.54) is 38.4 Å². The van der Waals surface area contributed by atoms with Crippen LogP contribution >= 0.6 is 0 Å². The number of rotatable bonds is 1. The molecule has 0 atom stereocenters. The zero-order valence-corrected chi connectivity index (χ0v) is 14.3. The van der Waals surface area contributed by atoms with Crippen LogP contribution in [-0.4, -0.2) is 9.55 Å². The number of aromatic nitrogens is 2. The molecule has 25 heavy (non-hydrogen) atoms. The summed E-state index contributed by atoms with van der Waals surface area (Å²) in [5.41, 5.74) is 7.08. The van der Waals surface area contributed by atoms with Crippen LogP contribution < -0.4 is 0 Å². The number of hydrogen-bond donors (Lipinski definition) is 0. The highest BCUT2D eigenvalue weighted by Gasteiger charge is 2.17. The lowest BCUT2D eigenvalue weighted by molar-refractivity contribution is 0.994. The summed E-state index contributed by atoms with van der Waals surface area (Å²) in [6.07, 6.45) is 0. The van der Waals surface area contributed by atoms with E-state index in [1.54, 1.807) is 0 Å². The van der Waals surface area contributed by atoms with Crippen molar-refractivity contribution in [1.29, 1.82) is 0 Å². The first-order valence-corrected chi connectivity index (χ1v) is 8.57. The fourth-order valence-corrected chi connectivity index (χ4v) is 3.81. The Hall–Kier alpha value is -3.13. The molecule has 0 spiro atoms. The van der Waals surface area contributed by atoms with Gasteiger partial charge >= 0.3 is 0 Å². The summed E-state index contributed by atoms with van der Waals surface area (Å²) in [5.74, 6) is 0. The van der Waals surface area contributed by atoms with Gasteiger partial charge in [-0.3, -0.25) is 0 Å². The Bertz CT molecular complexity index is 1240. The summed E-state index contributed by atoms with van der Waals surface area (Å²) in [4.78, 5) is 4.98. The second kappa shape index (κ2) is 5.18. The van der Waals surface area contributed by atoms with E-state index < -0.39 is 0 Å². The quantitative estimate of drug-likeness (QED) is 0.378. The molecule has 0 aliphatic rings. The zero-order valence-electron chi connectivity index (χ0n) is 14.3. The predicted molar refractivity (Wildman–Crippen MR) is 106 cm³/mol. The van der Waals surface area contributed by atoms with Crippen LogP contribution in [0.4, 0.5) is 0 Å². The van der Waals surface area contributed by atoms with Gasteiger partial charge in [0, 0.05) is 28.8 Å². The standard InChI is InChI=1S/C23H18N2/c1-15-11-13-16(14-12-15)21-17-7-3-5-9-19(17)24-23-22(21)18-8-4-6-10-20(18)25(23)2/h3-14H,1-2H3. The smallest absolute Gasteiger partial charge is 0.142 e. The van der Waals surface area contributed by atoms with Gasteiger partial charge in [-0.1, -0.05) is 66.2 Å². The Morgan fingerprint density at radius 1 is 0.760 bits per heavy atom. The molecule has 2 heterocycles. The van der Waals surface area contributed by atoms with Gasteiger partial charge in [-0.25, -0.2) is 4.98 Å². The number of pyridine rings is 1. The van der Waals surface area contributed by atoms with E-state index in [0.717, 1.165) is 11.2 Å². The summed E-state index contributed by atoms with van der Waals surface area (Å²) in [7, 11) is 2.10. The zero-order chi connectivity index (χ0) is 17.0. The first kappa shape index (κ1) is 14.2. The Kier molecular flexibility index (Phi) is 2.95. The molecular formula is C23H18N2. The minimum absolute atomic E-state index is 1.04. The van der Waals surface area contributed by atoms with Crippen molar-refractivity contribution in [3.8, 4) is 11.1 Å². The van der Waals surface area contributed by atoms with Gasteiger partial charge in [0.25, 0.3) is 0 Å². The highest BCUT2D eigenvalue weighted by molar-refractivity contribution is 6.20. The third-order valence-electron chi connectivity index (χ3n) is 5.07. The van der Waals surface area contributed by atoms with E-state index in [0.29, 0.717) is 0 Å². The summed E-state index contributed by atoms with van der Waals surface area (Å²) < 4.78 is 2.20. The molecule has 0 unspecified atom stereocenters. The third-order valence-corrected chi connectivity index (χ3v) is 5.07. The SMILES string of the molecule is Cc1ccc(-c2c3ccccc3nc3c2c2ccccc2n3C)cc1. The molecule has 0 aliphatic carbocycles. The third kappa shape index (κ3) is 2.01. The van der Waals surface area contributed by atoms with Crippen molar-refractivity contribution in [1.82, 2.24) is 9.55 Å². The van der Waals surface area contributed by atoms with Crippen molar-refractivity contribution in [2.24, 2.45) is 7.05 Å². The molecule has 2 nitrogen and oxygen atoms in total. The second-order valence-electron chi connectivity index (χ2n) is 6.64. The van der Waals surface area contributed by atoms with Crippen molar-refractivity contribution in [3.63, 3.8) is 0 Å². The maximum Gasteiger partial charge on any atom is 0.142 e. The molecule has 5 rings (SSSR count). The Labute approximate surface area is 146 Å². The maximum absolute atomic E-state index is 4.98. The van der Waals surface area contributed by atoms with E-state index in [4.69, 9.17) is 4.98 Å². The van der Waals surface area contributed by atoms with E-state index in [9.17, 15) is 0 Å². The molecule has 2 aromatic heterocycles. The van der Waals surface area contributed by atoms with Crippen molar-refractivity contribution in [2.75, 3.05) is 0 Å². The van der Waals surface area contributed by atoms with Crippen LogP contribution in [0, 0.1) is 6.92 Å². The minimum atomic E-state index is 1.04. The van der Waals surface area contributed by atoms with Crippen molar-refractivity contribution < 1.29 is 0 Å². The summed E-state index contributed by atoms with van der Waals surface area (Å²) in [5, 5.41) is 3.70. The largest absolute Gasteiger partial charge is 0.328 e. The average Bonchev–Trinajstić information content (AvgIpc) is 2.93. The lowest BCUT2D eigenvalue weighted by atomic mass is 9.96. The molecule has 0 fully saturated rings. The van der Waals surface area contributed by atoms with Crippen LogP contribution in [0.2, 0.25) is 0 Å². The van der Waals surface area contributed by atoms with Gasteiger partial charge in [0.15, 0.2) is 0 Å². The van der Waals surface area contributed by atoms with Gasteiger partial charge in [-0.2, -0.15) is 0 Å². The fraction of sp³-hybridized carbons (Fsp3) is 0.0870. The Morgan fingerprint density at radius 3 is 2.24 bits per heavy atom. The van der Waals surface area contributed by atoms with Gasteiger partial charge in [-0.15, -0.1) is 0 Å². The molecule has 5 aromatic rings. The van der Waals surface area contributed by atoms with Gasteiger partial charge in [0.2, 0.25) is 0 Å². The van der Waals surface area contributed by atoms with E-state index in [-0.39, 0.29) is 0 Å². The molecule has 0 bridgehead atoms. The summed E-state index contributed by atoms with van der Waals surface area (Å²) in [6.45, 7) is 2.13. The first-order chi connectivity index (χ1) is 12.2. The van der Waals surface area contributed by atoms with Gasteiger partial charge < -0.3 is 4.57 Å². The molecule has 2 heteroatoms. The van der Waals surface area contributed by atoms with Crippen LogP contribution in [-0.2, 0) is 7.05 Å². The van der Waals surface area contributed by atoms with Gasteiger partial charge in [0.05, 0.1) is 11.0 Å². The average molecular weight is 322 g/mol. The van der Waals surface area contributed by atoms with Crippen LogP contribution in [0.5, 0.6) is 0 Å². The van der Waals surface area contributed by atoms with Crippen molar-refractivity contribution >= 4 is 32.8 Å². The summed E-state index contributed by atoms with van der Waals surface area (Å²) >= 11 is 0. The molecule has 0 saturated heterocycles. The molecular weight excluding hydrogens is 304 g/mol. The fourth-order valence-electron chi connectivity index (χ4n) is 3.81. The van der Waals surface area contributed by atoms with E-state index in [2.05, 4.69) is 91.3 Å². The molecule has 3 aromatic carbocycles. The van der Waals surface area contributed by atoms with Crippen LogP contribution in [0.15, 0.2) is 72.8 Å². The number of aryl methyl sites for hydroxylation is 2. The summed E-state index contributed by atoms with van der Waals surface area (Å²) in [6, 6.07) is 25.8. The molecule has 120 valence electrons. The van der Waals surface area contributed by atoms with E-state index in [1.807, 2.05) is 0 Å². The number of fused-ring (bicyclic) bond motifs is 4. The normalized spacial score (nSPS) is 11.6. The molecule has 0 amide bonds. The predicted octanol–water partition coefficient (Wildman–Crippen LogP) is 5.86. The monoisotopic (exact) mass is 322 g/mol. The van der Waals surface area contributed by atoms with Gasteiger partial charge in [-0.05, 0) is 24.6 Å².